The van der Waals surface area contributed by atoms with Crippen LogP contribution in [0.3, 0.4) is 0 Å². The zero-order chi connectivity index (χ0) is 10.6. The molecule has 1 aromatic heterocycles. The Hall–Kier alpha value is -1.58. The van der Waals surface area contributed by atoms with Crippen molar-refractivity contribution in [2.45, 2.75) is 13.8 Å². The van der Waals surface area contributed by atoms with E-state index in [1.165, 1.54) is 6.20 Å². The molecule has 4 heteroatoms. The van der Waals surface area contributed by atoms with Crippen LogP contribution in [0.1, 0.15) is 24.3 Å². The largest absolute Gasteiger partial charge is 0.477 e. The molecule has 1 heterocycles. The van der Waals surface area contributed by atoms with Crippen LogP contribution in [0.25, 0.3) is 0 Å². The Morgan fingerprint density at radius 3 is 2.64 bits per heavy atom. The summed E-state index contributed by atoms with van der Waals surface area (Å²) in [7, 11) is 0. The van der Waals surface area contributed by atoms with E-state index in [4.69, 9.17) is 5.11 Å². The Labute approximate surface area is 83.2 Å². The van der Waals surface area contributed by atoms with Crippen LogP contribution < -0.4 is 4.90 Å². The van der Waals surface area contributed by atoms with E-state index in [0.29, 0.717) is 0 Å². The molecular weight excluding hydrogens is 180 g/mol. The number of rotatable bonds is 4. The summed E-state index contributed by atoms with van der Waals surface area (Å²) in [6.07, 6.45) is 1.52. The molecule has 0 amide bonds. The van der Waals surface area contributed by atoms with Crippen LogP contribution >= 0.6 is 0 Å². The van der Waals surface area contributed by atoms with Crippen LogP contribution in [0.4, 0.5) is 5.69 Å². The highest BCUT2D eigenvalue weighted by atomic mass is 16.4. The van der Waals surface area contributed by atoms with Crippen LogP contribution in [-0.2, 0) is 0 Å². The molecule has 0 spiro atoms. The van der Waals surface area contributed by atoms with Crippen LogP contribution in [0.5, 0.6) is 0 Å². The van der Waals surface area contributed by atoms with E-state index in [1.54, 1.807) is 6.07 Å². The van der Waals surface area contributed by atoms with E-state index >= 15 is 0 Å². The van der Waals surface area contributed by atoms with E-state index in [-0.39, 0.29) is 5.69 Å². The summed E-state index contributed by atoms with van der Waals surface area (Å²) >= 11 is 0. The van der Waals surface area contributed by atoms with Gasteiger partial charge in [-0.2, -0.15) is 0 Å². The van der Waals surface area contributed by atoms with Crippen molar-refractivity contribution < 1.29 is 9.90 Å². The fraction of sp³-hybridized carbons (Fsp3) is 0.400. The van der Waals surface area contributed by atoms with Crippen molar-refractivity contribution in [3.63, 3.8) is 0 Å². The van der Waals surface area contributed by atoms with Gasteiger partial charge >= 0.3 is 5.97 Å². The summed E-state index contributed by atoms with van der Waals surface area (Å²) in [5.41, 5.74) is 0.997. The lowest BCUT2D eigenvalue weighted by Crippen LogP contribution is -2.22. The number of carboxylic acids is 1. The maximum atomic E-state index is 10.7. The first-order chi connectivity index (χ1) is 6.69. The number of aromatic carboxylic acids is 1. The van der Waals surface area contributed by atoms with Crippen molar-refractivity contribution in [3.8, 4) is 0 Å². The van der Waals surface area contributed by atoms with Crippen LogP contribution in [0.15, 0.2) is 18.3 Å². The molecule has 1 aromatic rings. The minimum atomic E-state index is -0.987. The smallest absolute Gasteiger partial charge is 0.354 e. The van der Waals surface area contributed by atoms with E-state index in [0.717, 1.165) is 18.8 Å². The highest BCUT2D eigenvalue weighted by Gasteiger charge is 2.07. The monoisotopic (exact) mass is 194 g/mol. The van der Waals surface area contributed by atoms with Crippen molar-refractivity contribution in [3.05, 3.63) is 24.0 Å². The predicted octanol–water partition coefficient (Wildman–Crippen LogP) is 1.63. The number of carboxylic acid groups (broad SMARTS) is 1. The van der Waals surface area contributed by atoms with Gasteiger partial charge in [-0.1, -0.05) is 0 Å². The predicted molar refractivity (Wildman–Crippen MR) is 54.8 cm³/mol. The summed E-state index contributed by atoms with van der Waals surface area (Å²) < 4.78 is 0. The van der Waals surface area contributed by atoms with E-state index < -0.39 is 5.97 Å². The van der Waals surface area contributed by atoms with E-state index in [9.17, 15) is 4.79 Å². The Morgan fingerprint density at radius 2 is 2.14 bits per heavy atom. The van der Waals surface area contributed by atoms with Gasteiger partial charge in [-0.15, -0.1) is 0 Å². The minimum Gasteiger partial charge on any atom is -0.477 e. The summed E-state index contributed by atoms with van der Waals surface area (Å²) in [5, 5.41) is 8.76. The Morgan fingerprint density at radius 1 is 1.50 bits per heavy atom. The molecule has 76 valence electrons. The second-order valence-corrected chi connectivity index (χ2v) is 2.88. The summed E-state index contributed by atoms with van der Waals surface area (Å²) in [6, 6.07) is 3.41. The summed E-state index contributed by atoms with van der Waals surface area (Å²) in [5.74, 6) is -0.987. The number of hydrogen-bond donors (Lipinski definition) is 1. The Balaban J connectivity index is 2.98. The Kier molecular flexibility index (Phi) is 3.45. The molecule has 0 atom stereocenters. The first-order valence-electron chi connectivity index (χ1n) is 4.63. The van der Waals surface area contributed by atoms with Crippen molar-refractivity contribution in [2.24, 2.45) is 0 Å². The zero-order valence-corrected chi connectivity index (χ0v) is 8.40. The molecule has 0 saturated carbocycles. The lowest BCUT2D eigenvalue weighted by molar-refractivity contribution is 0.0690. The number of pyridine rings is 1. The number of aromatic nitrogens is 1. The third kappa shape index (κ3) is 2.22. The summed E-state index contributed by atoms with van der Waals surface area (Å²) in [4.78, 5) is 16.5. The maximum absolute atomic E-state index is 10.7. The van der Waals surface area contributed by atoms with Gasteiger partial charge in [0.2, 0.25) is 0 Å². The van der Waals surface area contributed by atoms with Gasteiger partial charge in [0, 0.05) is 25.0 Å². The van der Waals surface area contributed by atoms with Gasteiger partial charge in [0.1, 0.15) is 5.69 Å². The molecule has 0 fully saturated rings. The van der Waals surface area contributed by atoms with Gasteiger partial charge in [0.05, 0.1) is 0 Å². The lowest BCUT2D eigenvalue weighted by atomic mass is 10.3. The molecule has 14 heavy (non-hydrogen) atoms. The van der Waals surface area contributed by atoms with Gasteiger partial charge in [0.15, 0.2) is 0 Å². The van der Waals surface area contributed by atoms with Crippen molar-refractivity contribution in [2.75, 3.05) is 18.0 Å². The summed E-state index contributed by atoms with van der Waals surface area (Å²) in [6.45, 7) is 5.79. The molecule has 0 aliphatic heterocycles. The fourth-order valence-electron chi connectivity index (χ4n) is 1.32. The second-order valence-electron chi connectivity index (χ2n) is 2.88. The molecule has 0 unspecified atom stereocenters. The number of nitrogens with zero attached hydrogens (tertiary/aromatic N) is 2. The normalized spacial score (nSPS) is 9.86. The first-order valence-corrected chi connectivity index (χ1v) is 4.63. The van der Waals surface area contributed by atoms with E-state index in [1.807, 2.05) is 19.9 Å². The molecule has 0 aliphatic rings. The average Bonchev–Trinajstić information content (AvgIpc) is 2.20. The zero-order valence-electron chi connectivity index (χ0n) is 8.40. The first kappa shape index (κ1) is 10.5. The highest BCUT2D eigenvalue weighted by Crippen LogP contribution is 2.13. The van der Waals surface area contributed by atoms with Crippen LogP contribution in [0, 0.1) is 0 Å². The van der Waals surface area contributed by atoms with Crippen LogP contribution in [0.2, 0.25) is 0 Å². The van der Waals surface area contributed by atoms with Gasteiger partial charge in [-0.3, -0.25) is 0 Å². The topological polar surface area (TPSA) is 53.4 Å². The molecule has 4 nitrogen and oxygen atoms in total. The van der Waals surface area contributed by atoms with Gasteiger partial charge < -0.3 is 10.0 Å². The quantitative estimate of drug-likeness (QED) is 0.791. The number of hydrogen-bond acceptors (Lipinski definition) is 3. The van der Waals surface area contributed by atoms with Gasteiger partial charge in [0.25, 0.3) is 0 Å². The number of anilines is 1. The van der Waals surface area contributed by atoms with Crippen molar-refractivity contribution in [1.29, 1.82) is 0 Å². The van der Waals surface area contributed by atoms with Gasteiger partial charge in [-0.05, 0) is 26.0 Å². The average molecular weight is 194 g/mol. The molecule has 1 N–H and O–H groups in total. The SMILES string of the molecule is CCN(CC)c1ccnc(C(=O)O)c1. The number of carbonyl (C=O) groups is 1. The Bertz CT molecular complexity index is 322. The van der Waals surface area contributed by atoms with Crippen molar-refractivity contribution >= 4 is 11.7 Å². The van der Waals surface area contributed by atoms with Gasteiger partial charge in [-0.25, -0.2) is 9.78 Å². The molecule has 1 rings (SSSR count). The minimum absolute atomic E-state index is 0.0920. The standard InChI is InChI=1S/C10H14N2O2/c1-3-12(4-2)8-5-6-11-9(7-8)10(13)14/h5-7H,3-4H2,1-2H3,(H,13,14). The van der Waals surface area contributed by atoms with Crippen LogP contribution in [-0.4, -0.2) is 29.1 Å². The second kappa shape index (κ2) is 4.60. The lowest BCUT2D eigenvalue weighted by Gasteiger charge is -2.20. The maximum Gasteiger partial charge on any atom is 0.354 e. The van der Waals surface area contributed by atoms with E-state index in [2.05, 4.69) is 9.88 Å². The third-order valence-corrected chi connectivity index (χ3v) is 2.09. The highest BCUT2D eigenvalue weighted by molar-refractivity contribution is 5.86. The van der Waals surface area contributed by atoms with Crippen molar-refractivity contribution in [1.82, 2.24) is 4.98 Å². The molecular formula is C10H14N2O2. The molecule has 0 radical (unpaired) electrons. The molecule has 0 aliphatic carbocycles. The molecule has 0 saturated heterocycles. The molecule has 0 aromatic carbocycles. The third-order valence-electron chi connectivity index (χ3n) is 2.09. The molecule has 0 bridgehead atoms. The fourth-order valence-corrected chi connectivity index (χ4v) is 1.32.